The number of hydrogen-bond acceptors (Lipinski definition) is 3. The molecule has 0 heterocycles. The summed E-state index contributed by atoms with van der Waals surface area (Å²) in [5.74, 6) is -0.852. The van der Waals surface area contributed by atoms with Crippen molar-refractivity contribution in [3.63, 3.8) is 0 Å². The normalized spacial score (nSPS) is 14.6. The predicted molar refractivity (Wildman–Crippen MR) is 72.2 cm³/mol. The van der Waals surface area contributed by atoms with E-state index < -0.39 is 17.5 Å². The third kappa shape index (κ3) is 11.2. The van der Waals surface area contributed by atoms with E-state index >= 15 is 0 Å². The van der Waals surface area contributed by atoms with Crippen molar-refractivity contribution in [3.8, 4) is 0 Å². The van der Waals surface area contributed by atoms with Gasteiger partial charge in [-0.25, -0.2) is 0 Å². The van der Waals surface area contributed by atoms with Crippen molar-refractivity contribution < 1.29 is 22.7 Å². The summed E-state index contributed by atoms with van der Waals surface area (Å²) in [6.45, 7) is 9.13. The topological polar surface area (TPSA) is 26.3 Å². The van der Waals surface area contributed by atoms with E-state index in [0.717, 1.165) is 11.8 Å². The van der Waals surface area contributed by atoms with Gasteiger partial charge in [0.25, 0.3) is 0 Å². The fraction of sp³-hybridized carbons (Fsp3) is 0.923. The number of hydrogen-bond donors (Lipinski definition) is 0. The number of alkyl halides is 3. The number of thioether (sulfide) groups is 1. The molecular weight excluding hydrogens is 277 g/mol. The van der Waals surface area contributed by atoms with E-state index in [0.29, 0.717) is 5.75 Å². The zero-order chi connectivity index (χ0) is 15.3. The number of carbonyl (C=O) groups excluding carboxylic acids is 1. The van der Waals surface area contributed by atoms with Crippen LogP contribution in [0, 0.1) is 11.8 Å². The Balaban J connectivity index is 4.24. The Hall–Kier alpha value is -0.390. The zero-order valence-electron chi connectivity index (χ0n) is 12.1. The molecule has 0 bridgehead atoms. The average Bonchev–Trinajstić information content (AvgIpc) is 2.10. The maximum Gasteiger partial charge on any atom is 0.397 e. The molecule has 0 aromatic rings. The molecule has 6 heteroatoms. The monoisotopic (exact) mass is 300 g/mol. The SMILES string of the molecule is CC(C)[C@H](CSCC(F)(F)F)CC(=O)OC(C)(C)C. The van der Waals surface area contributed by atoms with Crippen molar-refractivity contribution >= 4 is 17.7 Å². The molecule has 114 valence electrons. The van der Waals surface area contributed by atoms with Gasteiger partial charge in [-0.05, 0) is 38.4 Å². The molecule has 0 unspecified atom stereocenters. The third-order valence-corrected chi connectivity index (χ3v) is 3.58. The molecule has 0 fully saturated rings. The van der Waals surface area contributed by atoms with Crippen molar-refractivity contribution in [1.29, 1.82) is 0 Å². The van der Waals surface area contributed by atoms with Gasteiger partial charge in [-0.2, -0.15) is 24.9 Å². The Morgan fingerprint density at radius 2 is 1.74 bits per heavy atom. The molecule has 1 atom stereocenters. The van der Waals surface area contributed by atoms with Crippen molar-refractivity contribution in [2.75, 3.05) is 11.5 Å². The van der Waals surface area contributed by atoms with Crippen LogP contribution in [0.1, 0.15) is 41.0 Å². The lowest BCUT2D eigenvalue weighted by Crippen LogP contribution is -2.27. The molecule has 0 radical (unpaired) electrons. The van der Waals surface area contributed by atoms with Crippen LogP contribution < -0.4 is 0 Å². The van der Waals surface area contributed by atoms with Gasteiger partial charge in [-0.3, -0.25) is 4.79 Å². The highest BCUT2D eigenvalue weighted by Crippen LogP contribution is 2.27. The molecular formula is C13H23F3O2S. The Morgan fingerprint density at radius 3 is 2.11 bits per heavy atom. The Labute approximate surface area is 117 Å². The van der Waals surface area contributed by atoms with E-state index in [1.807, 2.05) is 13.8 Å². The van der Waals surface area contributed by atoms with Crippen LogP contribution in [0.3, 0.4) is 0 Å². The molecule has 0 saturated carbocycles. The lowest BCUT2D eigenvalue weighted by atomic mass is 9.94. The van der Waals surface area contributed by atoms with E-state index in [-0.39, 0.29) is 24.2 Å². The molecule has 0 aromatic heterocycles. The van der Waals surface area contributed by atoms with Crippen molar-refractivity contribution in [2.24, 2.45) is 11.8 Å². The molecule has 0 N–H and O–H groups in total. The van der Waals surface area contributed by atoms with Crippen molar-refractivity contribution in [2.45, 2.75) is 52.8 Å². The van der Waals surface area contributed by atoms with Crippen LogP contribution >= 0.6 is 11.8 Å². The van der Waals surface area contributed by atoms with Gasteiger partial charge >= 0.3 is 12.1 Å². The van der Waals surface area contributed by atoms with Crippen LogP contribution in [-0.2, 0) is 9.53 Å². The summed E-state index contributed by atoms with van der Waals surface area (Å²) >= 11 is 0.824. The Morgan fingerprint density at radius 1 is 1.21 bits per heavy atom. The van der Waals surface area contributed by atoms with Crippen LogP contribution in [0.25, 0.3) is 0 Å². The first-order valence-corrected chi connectivity index (χ1v) is 7.42. The standard InChI is InChI=1S/C13H23F3O2S/c1-9(2)10(7-19-8-13(14,15)16)6-11(17)18-12(3,4)5/h9-10H,6-8H2,1-5H3/t10-/m0/s1. The second-order valence-electron chi connectivity index (χ2n) is 5.92. The molecule has 0 aliphatic heterocycles. The van der Waals surface area contributed by atoms with Gasteiger partial charge in [0.2, 0.25) is 0 Å². The molecule has 0 saturated heterocycles. The van der Waals surface area contributed by atoms with Gasteiger partial charge in [0.05, 0.1) is 5.75 Å². The van der Waals surface area contributed by atoms with E-state index in [9.17, 15) is 18.0 Å². The van der Waals surface area contributed by atoms with Crippen LogP contribution in [0.5, 0.6) is 0 Å². The maximum absolute atomic E-state index is 12.1. The van der Waals surface area contributed by atoms with E-state index in [1.54, 1.807) is 20.8 Å². The average molecular weight is 300 g/mol. The highest BCUT2D eigenvalue weighted by molar-refractivity contribution is 7.99. The fourth-order valence-electron chi connectivity index (χ4n) is 1.41. The second kappa shape index (κ2) is 7.41. The first-order valence-electron chi connectivity index (χ1n) is 6.27. The molecule has 2 nitrogen and oxygen atoms in total. The summed E-state index contributed by atoms with van der Waals surface area (Å²) < 4.78 is 41.4. The van der Waals surface area contributed by atoms with Crippen LogP contribution in [0.15, 0.2) is 0 Å². The van der Waals surface area contributed by atoms with E-state index in [1.165, 1.54) is 0 Å². The number of halogens is 3. The van der Waals surface area contributed by atoms with E-state index in [2.05, 4.69) is 0 Å². The quantitative estimate of drug-likeness (QED) is 0.685. The molecule has 0 amide bonds. The van der Waals surface area contributed by atoms with Gasteiger partial charge in [-0.1, -0.05) is 13.8 Å². The highest BCUT2D eigenvalue weighted by atomic mass is 32.2. The molecule has 0 aliphatic rings. The minimum atomic E-state index is -4.15. The van der Waals surface area contributed by atoms with Gasteiger partial charge < -0.3 is 4.74 Å². The fourth-order valence-corrected chi connectivity index (χ4v) is 2.57. The van der Waals surface area contributed by atoms with Crippen LogP contribution in [0.4, 0.5) is 13.2 Å². The first-order chi connectivity index (χ1) is 8.41. The number of esters is 1. The van der Waals surface area contributed by atoms with Gasteiger partial charge in [0.1, 0.15) is 5.60 Å². The lowest BCUT2D eigenvalue weighted by Gasteiger charge is -2.24. The Kier molecular flexibility index (Phi) is 7.26. The third-order valence-electron chi connectivity index (χ3n) is 2.39. The molecule has 19 heavy (non-hydrogen) atoms. The van der Waals surface area contributed by atoms with Gasteiger partial charge in [0.15, 0.2) is 0 Å². The van der Waals surface area contributed by atoms with Crippen molar-refractivity contribution in [1.82, 2.24) is 0 Å². The highest BCUT2D eigenvalue weighted by Gasteiger charge is 2.29. The van der Waals surface area contributed by atoms with Crippen LogP contribution in [0.2, 0.25) is 0 Å². The zero-order valence-corrected chi connectivity index (χ0v) is 13.0. The molecule has 0 spiro atoms. The summed E-state index contributed by atoms with van der Waals surface area (Å²) in [7, 11) is 0. The number of carbonyl (C=O) groups is 1. The largest absolute Gasteiger partial charge is 0.460 e. The summed E-state index contributed by atoms with van der Waals surface area (Å²) in [6.07, 6.45) is -3.99. The summed E-state index contributed by atoms with van der Waals surface area (Å²) in [6, 6.07) is 0. The summed E-state index contributed by atoms with van der Waals surface area (Å²) in [4.78, 5) is 11.7. The molecule has 0 rings (SSSR count). The van der Waals surface area contributed by atoms with Gasteiger partial charge in [-0.15, -0.1) is 0 Å². The minimum absolute atomic E-state index is 0.0952. The number of ether oxygens (including phenoxy) is 1. The van der Waals surface area contributed by atoms with Crippen molar-refractivity contribution in [3.05, 3.63) is 0 Å². The van der Waals surface area contributed by atoms with E-state index in [4.69, 9.17) is 4.74 Å². The smallest absolute Gasteiger partial charge is 0.397 e. The summed E-state index contributed by atoms with van der Waals surface area (Å²) in [5.41, 5.74) is -0.558. The van der Waals surface area contributed by atoms with Gasteiger partial charge in [0, 0.05) is 6.42 Å². The van der Waals surface area contributed by atoms with Crippen LogP contribution in [-0.4, -0.2) is 29.3 Å². The molecule has 0 aliphatic carbocycles. The lowest BCUT2D eigenvalue weighted by molar-refractivity contribution is -0.156. The molecule has 0 aromatic carbocycles. The predicted octanol–water partition coefficient (Wildman–Crippen LogP) is 4.29. The minimum Gasteiger partial charge on any atom is -0.460 e. The maximum atomic E-state index is 12.1. The first kappa shape index (κ1) is 18.6. The summed E-state index contributed by atoms with van der Waals surface area (Å²) in [5, 5.41) is 0. The second-order valence-corrected chi connectivity index (χ2v) is 6.96. The Bertz CT molecular complexity index is 283. The number of rotatable bonds is 6.